The predicted molar refractivity (Wildman–Crippen MR) is 89.0 cm³/mol. The molecule has 0 saturated heterocycles. The van der Waals surface area contributed by atoms with Crippen LogP contribution in [-0.2, 0) is 10.0 Å². The van der Waals surface area contributed by atoms with E-state index in [4.69, 9.17) is 0 Å². The van der Waals surface area contributed by atoms with Crippen LogP contribution >= 0.6 is 15.9 Å². The Hall–Kier alpha value is -1.37. The molecule has 112 valence electrons. The van der Waals surface area contributed by atoms with E-state index in [2.05, 4.69) is 26.0 Å². The lowest BCUT2D eigenvalue weighted by atomic mass is 10.2. The van der Waals surface area contributed by atoms with Crippen molar-refractivity contribution in [3.8, 4) is 0 Å². The zero-order valence-electron chi connectivity index (χ0n) is 11.6. The van der Waals surface area contributed by atoms with Gasteiger partial charge in [0.1, 0.15) is 0 Å². The Balaban J connectivity index is 1.92. The Morgan fingerprint density at radius 2 is 1.76 bits per heavy atom. The van der Waals surface area contributed by atoms with Crippen LogP contribution in [0.5, 0.6) is 0 Å². The summed E-state index contributed by atoms with van der Waals surface area (Å²) in [6.45, 7) is 2.63. The highest BCUT2D eigenvalue weighted by Gasteiger charge is 2.15. The molecule has 2 rings (SSSR count). The first-order chi connectivity index (χ1) is 9.99. The minimum absolute atomic E-state index is 0.311. The third-order valence-electron chi connectivity index (χ3n) is 2.95. The molecule has 0 atom stereocenters. The van der Waals surface area contributed by atoms with Crippen LogP contribution in [0.2, 0.25) is 0 Å². The number of rotatable bonds is 6. The van der Waals surface area contributed by atoms with Gasteiger partial charge in [0, 0.05) is 23.2 Å². The average Bonchev–Trinajstić information content (AvgIpc) is 2.44. The van der Waals surface area contributed by atoms with Gasteiger partial charge in [0.15, 0.2) is 0 Å². The van der Waals surface area contributed by atoms with E-state index in [0.717, 1.165) is 10.2 Å². The third-order valence-corrected chi connectivity index (χ3v) is 5.06. The van der Waals surface area contributed by atoms with Gasteiger partial charge in [-0.3, -0.25) is 0 Å². The molecule has 0 saturated carbocycles. The minimum atomic E-state index is -3.47. The highest BCUT2D eigenvalue weighted by Crippen LogP contribution is 2.19. The van der Waals surface area contributed by atoms with E-state index in [1.165, 1.54) is 0 Å². The fourth-order valence-electron chi connectivity index (χ4n) is 1.94. The third kappa shape index (κ3) is 4.56. The summed E-state index contributed by atoms with van der Waals surface area (Å²) in [5.74, 6) is 0. The van der Waals surface area contributed by atoms with Gasteiger partial charge in [-0.25, -0.2) is 13.1 Å². The molecule has 0 fully saturated rings. The van der Waals surface area contributed by atoms with Crippen LogP contribution in [-0.4, -0.2) is 21.5 Å². The molecule has 0 radical (unpaired) electrons. The van der Waals surface area contributed by atoms with Gasteiger partial charge in [0.05, 0.1) is 4.90 Å². The smallest absolute Gasteiger partial charge is 0.240 e. The van der Waals surface area contributed by atoms with Crippen LogP contribution in [0.1, 0.15) is 5.56 Å². The van der Waals surface area contributed by atoms with Crippen molar-refractivity contribution in [2.75, 3.05) is 18.4 Å². The molecule has 0 aromatic heterocycles. The van der Waals surface area contributed by atoms with Crippen LogP contribution in [0.25, 0.3) is 0 Å². The molecule has 0 unspecified atom stereocenters. The summed E-state index contributed by atoms with van der Waals surface area (Å²) in [5.41, 5.74) is 1.68. The van der Waals surface area contributed by atoms with Gasteiger partial charge in [-0.15, -0.1) is 0 Å². The Kier molecular flexibility index (Phi) is 5.39. The predicted octanol–water partition coefficient (Wildman–Crippen LogP) is 3.15. The first-order valence-corrected chi connectivity index (χ1v) is 8.81. The van der Waals surface area contributed by atoms with Gasteiger partial charge in [-0.05, 0) is 42.8 Å². The van der Waals surface area contributed by atoms with Crippen LogP contribution in [0, 0.1) is 6.92 Å². The lowest BCUT2D eigenvalue weighted by Crippen LogP contribution is -2.29. The largest absolute Gasteiger partial charge is 0.384 e. The summed E-state index contributed by atoms with van der Waals surface area (Å²) in [7, 11) is -3.47. The van der Waals surface area contributed by atoms with Crippen LogP contribution in [0.15, 0.2) is 57.9 Å². The minimum Gasteiger partial charge on any atom is -0.384 e. The number of nitrogens with one attached hydrogen (secondary N) is 2. The molecule has 0 spiro atoms. The lowest BCUT2D eigenvalue weighted by molar-refractivity contribution is 0.582. The van der Waals surface area contributed by atoms with Crippen LogP contribution in [0.3, 0.4) is 0 Å². The first kappa shape index (κ1) is 16.0. The molecule has 2 aromatic rings. The summed E-state index contributed by atoms with van der Waals surface area (Å²) < 4.78 is 27.9. The molecule has 0 amide bonds. The van der Waals surface area contributed by atoms with Crippen molar-refractivity contribution < 1.29 is 8.42 Å². The number of hydrogen-bond donors (Lipinski definition) is 2. The SMILES string of the molecule is Cc1cc(Br)ccc1S(=O)(=O)NCCNc1ccccc1. The summed E-state index contributed by atoms with van der Waals surface area (Å²) in [6, 6.07) is 14.8. The molecule has 4 nitrogen and oxygen atoms in total. The summed E-state index contributed by atoms with van der Waals surface area (Å²) in [4.78, 5) is 0.311. The molecule has 2 N–H and O–H groups in total. The van der Waals surface area contributed by atoms with Gasteiger partial charge in [-0.2, -0.15) is 0 Å². The van der Waals surface area contributed by atoms with E-state index in [0.29, 0.717) is 23.5 Å². The van der Waals surface area contributed by atoms with Crippen molar-refractivity contribution >= 4 is 31.6 Å². The fourth-order valence-corrected chi connectivity index (χ4v) is 3.67. The highest BCUT2D eigenvalue weighted by atomic mass is 79.9. The second-order valence-corrected chi connectivity index (χ2v) is 7.25. The van der Waals surface area contributed by atoms with Crippen LogP contribution < -0.4 is 10.0 Å². The summed E-state index contributed by atoms with van der Waals surface area (Å²) >= 11 is 3.33. The fraction of sp³-hybridized carbons (Fsp3) is 0.200. The Bertz CT molecular complexity index is 703. The van der Waals surface area contributed by atoms with Gasteiger partial charge < -0.3 is 5.32 Å². The number of halogens is 1. The van der Waals surface area contributed by atoms with E-state index < -0.39 is 10.0 Å². The maximum absolute atomic E-state index is 12.2. The van der Waals surface area contributed by atoms with Gasteiger partial charge in [-0.1, -0.05) is 34.1 Å². The maximum Gasteiger partial charge on any atom is 0.240 e. The Labute approximate surface area is 133 Å². The molecule has 2 aromatic carbocycles. The second-order valence-electron chi connectivity index (χ2n) is 4.60. The van der Waals surface area contributed by atoms with Crippen molar-refractivity contribution in [2.45, 2.75) is 11.8 Å². The average molecular weight is 369 g/mol. The Morgan fingerprint density at radius 3 is 2.43 bits per heavy atom. The molecular formula is C15H17BrN2O2S. The van der Waals surface area contributed by atoms with E-state index in [9.17, 15) is 8.42 Å². The second kappa shape index (κ2) is 7.06. The maximum atomic E-state index is 12.2. The molecular weight excluding hydrogens is 352 g/mol. The van der Waals surface area contributed by atoms with E-state index in [-0.39, 0.29) is 0 Å². The molecule has 0 heterocycles. The first-order valence-electron chi connectivity index (χ1n) is 6.54. The van der Waals surface area contributed by atoms with Gasteiger partial charge in [0.2, 0.25) is 10.0 Å². The van der Waals surface area contributed by atoms with E-state index in [1.807, 2.05) is 30.3 Å². The number of para-hydroxylation sites is 1. The summed E-state index contributed by atoms with van der Waals surface area (Å²) in [5, 5.41) is 3.16. The number of sulfonamides is 1. The summed E-state index contributed by atoms with van der Waals surface area (Å²) in [6.07, 6.45) is 0. The van der Waals surface area contributed by atoms with Crippen molar-refractivity contribution in [2.24, 2.45) is 0 Å². The van der Waals surface area contributed by atoms with Crippen molar-refractivity contribution in [3.63, 3.8) is 0 Å². The highest BCUT2D eigenvalue weighted by molar-refractivity contribution is 9.10. The zero-order valence-corrected chi connectivity index (χ0v) is 14.0. The van der Waals surface area contributed by atoms with Crippen molar-refractivity contribution in [1.82, 2.24) is 4.72 Å². The molecule has 21 heavy (non-hydrogen) atoms. The number of aryl methyl sites for hydroxylation is 1. The topological polar surface area (TPSA) is 58.2 Å². The molecule has 0 bridgehead atoms. The van der Waals surface area contributed by atoms with Crippen molar-refractivity contribution in [1.29, 1.82) is 0 Å². The normalized spacial score (nSPS) is 11.3. The number of benzene rings is 2. The van der Waals surface area contributed by atoms with E-state index in [1.54, 1.807) is 25.1 Å². The number of anilines is 1. The van der Waals surface area contributed by atoms with Crippen LogP contribution in [0.4, 0.5) is 5.69 Å². The van der Waals surface area contributed by atoms with E-state index >= 15 is 0 Å². The van der Waals surface area contributed by atoms with Gasteiger partial charge >= 0.3 is 0 Å². The molecule has 0 aliphatic rings. The van der Waals surface area contributed by atoms with Crippen molar-refractivity contribution in [3.05, 3.63) is 58.6 Å². The lowest BCUT2D eigenvalue weighted by Gasteiger charge is -2.10. The monoisotopic (exact) mass is 368 g/mol. The molecule has 0 aliphatic heterocycles. The Morgan fingerprint density at radius 1 is 1.05 bits per heavy atom. The quantitative estimate of drug-likeness (QED) is 0.770. The molecule has 6 heteroatoms. The molecule has 0 aliphatic carbocycles. The zero-order chi connectivity index (χ0) is 15.3. The van der Waals surface area contributed by atoms with Gasteiger partial charge in [0.25, 0.3) is 0 Å². The number of hydrogen-bond acceptors (Lipinski definition) is 3. The standard InChI is InChI=1S/C15H17BrN2O2S/c1-12-11-13(16)7-8-15(12)21(19,20)18-10-9-17-14-5-3-2-4-6-14/h2-8,11,17-18H,9-10H2,1H3.